The maximum atomic E-state index is 13.9. The van der Waals surface area contributed by atoms with Gasteiger partial charge in [0.25, 0.3) is 5.91 Å². The first-order valence-electron chi connectivity index (χ1n) is 13.5. The molecule has 0 fully saturated rings. The second-order valence-electron chi connectivity index (χ2n) is 10.0. The van der Waals surface area contributed by atoms with E-state index in [-0.39, 0.29) is 11.7 Å². The van der Waals surface area contributed by atoms with Crippen LogP contribution in [-0.4, -0.2) is 60.6 Å². The molecule has 5 rings (SSSR count). The number of rotatable bonds is 10. The number of H-pyrrole nitrogens is 1. The van der Waals surface area contributed by atoms with E-state index in [0.717, 1.165) is 22.3 Å². The SMILES string of the molecule is CCOc1ccc(C2c3c(-c4cc(C)cc(C)c4O)n[nH]c3C(=O)N2CCc2ccc(OC)c(OC)c2)cc1OC. The van der Waals surface area contributed by atoms with Gasteiger partial charge >= 0.3 is 0 Å². The van der Waals surface area contributed by atoms with E-state index in [1.54, 1.807) is 21.3 Å². The van der Waals surface area contributed by atoms with Gasteiger partial charge < -0.3 is 29.0 Å². The largest absolute Gasteiger partial charge is 0.507 e. The summed E-state index contributed by atoms with van der Waals surface area (Å²) in [4.78, 5) is 15.7. The van der Waals surface area contributed by atoms with E-state index in [9.17, 15) is 9.90 Å². The fourth-order valence-corrected chi connectivity index (χ4v) is 5.53. The number of phenolic OH excluding ortho intramolecular Hbond substituents is 1. The van der Waals surface area contributed by atoms with Crippen LogP contribution in [0, 0.1) is 13.8 Å². The summed E-state index contributed by atoms with van der Waals surface area (Å²) in [6.45, 7) is 6.66. The van der Waals surface area contributed by atoms with Gasteiger partial charge in [0.1, 0.15) is 17.1 Å². The molecular formula is C32H35N3O6. The number of hydrogen-bond donors (Lipinski definition) is 2. The number of nitrogens with zero attached hydrogens (tertiary/aromatic N) is 2. The van der Waals surface area contributed by atoms with Gasteiger partial charge in [0.2, 0.25) is 0 Å². The molecule has 1 unspecified atom stereocenters. The third-order valence-electron chi connectivity index (χ3n) is 7.46. The van der Waals surface area contributed by atoms with E-state index in [1.807, 2.05) is 74.2 Å². The highest BCUT2D eigenvalue weighted by atomic mass is 16.5. The second kappa shape index (κ2) is 11.4. The highest BCUT2D eigenvalue weighted by Gasteiger charge is 2.42. The zero-order chi connectivity index (χ0) is 29.3. The fourth-order valence-electron chi connectivity index (χ4n) is 5.53. The van der Waals surface area contributed by atoms with Gasteiger partial charge in [-0.25, -0.2) is 0 Å². The lowest BCUT2D eigenvalue weighted by atomic mass is 9.93. The number of nitrogens with one attached hydrogen (secondary N) is 1. The van der Waals surface area contributed by atoms with Gasteiger partial charge in [0.05, 0.1) is 34.0 Å². The summed E-state index contributed by atoms with van der Waals surface area (Å²) >= 11 is 0. The molecule has 214 valence electrons. The summed E-state index contributed by atoms with van der Waals surface area (Å²) in [6, 6.07) is 14.8. The van der Waals surface area contributed by atoms with Crippen LogP contribution in [0.3, 0.4) is 0 Å². The molecule has 1 atom stereocenters. The fraction of sp³-hybridized carbons (Fsp3) is 0.312. The van der Waals surface area contributed by atoms with Gasteiger partial charge in [-0.1, -0.05) is 18.2 Å². The maximum Gasteiger partial charge on any atom is 0.273 e. The number of amides is 1. The number of aryl methyl sites for hydroxylation is 2. The summed E-state index contributed by atoms with van der Waals surface area (Å²) < 4.78 is 22.3. The molecule has 9 heteroatoms. The molecule has 41 heavy (non-hydrogen) atoms. The minimum Gasteiger partial charge on any atom is -0.507 e. The summed E-state index contributed by atoms with van der Waals surface area (Å²) in [5, 5.41) is 18.5. The van der Waals surface area contributed by atoms with Crippen LogP contribution in [0.5, 0.6) is 28.7 Å². The van der Waals surface area contributed by atoms with Gasteiger partial charge in [0, 0.05) is 17.7 Å². The Kier molecular flexibility index (Phi) is 7.79. The van der Waals surface area contributed by atoms with Crippen LogP contribution in [0.15, 0.2) is 48.5 Å². The van der Waals surface area contributed by atoms with Gasteiger partial charge in [-0.05, 0) is 79.8 Å². The number of carbonyl (C=O) groups excluding carboxylic acids is 1. The van der Waals surface area contributed by atoms with Crippen LogP contribution in [0.4, 0.5) is 0 Å². The lowest BCUT2D eigenvalue weighted by molar-refractivity contribution is 0.0745. The maximum absolute atomic E-state index is 13.9. The van der Waals surface area contributed by atoms with Crippen molar-refractivity contribution in [1.82, 2.24) is 15.1 Å². The number of ether oxygens (including phenoxy) is 4. The van der Waals surface area contributed by atoms with Gasteiger partial charge in [-0.2, -0.15) is 5.10 Å². The average molecular weight is 558 g/mol. The number of phenols is 1. The molecule has 2 N–H and O–H groups in total. The first kappa shape index (κ1) is 27.9. The first-order chi connectivity index (χ1) is 19.8. The van der Waals surface area contributed by atoms with Crippen LogP contribution >= 0.6 is 0 Å². The third kappa shape index (κ3) is 5.03. The molecule has 0 bridgehead atoms. The predicted octanol–water partition coefficient (Wildman–Crippen LogP) is 5.61. The topological polar surface area (TPSA) is 106 Å². The van der Waals surface area contributed by atoms with Crippen molar-refractivity contribution in [2.45, 2.75) is 33.2 Å². The summed E-state index contributed by atoms with van der Waals surface area (Å²) in [7, 11) is 4.80. The van der Waals surface area contributed by atoms with E-state index in [2.05, 4.69) is 10.2 Å². The lowest BCUT2D eigenvalue weighted by Crippen LogP contribution is -2.31. The molecule has 0 radical (unpaired) electrons. The van der Waals surface area contributed by atoms with Crippen LogP contribution < -0.4 is 18.9 Å². The van der Waals surface area contributed by atoms with Crippen molar-refractivity contribution >= 4 is 5.91 Å². The summed E-state index contributed by atoms with van der Waals surface area (Å²) in [5.41, 5.74) is 5.82. The Morgan fingerprint density at radius 2 is 1.63 bits per heavy atom. The molecule has 3 aromatic carbocycles. The molecule has 0 saturated heterocycles. The lowest BCUT2D eigenvalue weighted by Gasteiger charge is -2.27. The van der Waals surface area contributed by atoms with Crippen molar-refractivity contribution in [3.8, 4) is 40.0 Å². The van der Waals surface area contributed by atoms with Crippen molar-refractivity contribution in [1.29, 1.82) is 0 Å². The monoisotopic (exact) mass is 557 g/mol. The van der Waals surface area contributed by atoms with Crippen molar-refractivity contribution < 1.29 is 28.8 Å². The molecule has 0 aliphatic carbocycles. The van der Waals surface area contributed by atoms with E-state index in [4.69, 9.17) is 18.9 Å². The number of hydrogen-bond acceptors (Lipinski definition) is 7. The van der Waals surface area contributed by atoms with E-state index >= 15 is 0 Å². The molecule has 1 amide bonds. The Bertz CT molecular complexity index is 1590. The van der Waals surface area contributed by atoms with Crippen molar-refractivity contribution in [3.05, 3.63) is 82.0 Å². The molecule has 0 spiro atoms. The summed E-state index contributed by atoms with van der Waals surface area (Å²) in [5.74, 6) is 2.45. The Hall–Kier alpha value is -4.66. The molecular weight excluding hydrogens is 522 g/mol. The standard InChI is InChI=1S/C32H35N3O6/c1-7-41-24-11-9-21(17-26(24)40-6)30-27-28(22-15-18(2)14-19(3)31(22)36)33-34-29(27)32(37)35(30)13-12-20-8-10-23(38-4)25(16-20)39-5/h8-11,14-17,30,36H,7,12-13H2,1-6H3,(H,33,34). The Labute approximate surface area is 239 Å². The molecule has 1 aromatic heterocycles. The highest BCUT2D eigenvalue weighted by Crippen LogP contribution is 2.46. The van der Waals surface area contributed by atoms with Gasteiger partial charge in [-0.3, -0.25) is 9.89 Å². The van der Waals surface area contributed by atoms with Crippen LogP contribution in [0.2, 0.25) is 0 Å². The second-order valence-corrected chi connectivity index (χ2v) is 10.0. The number of methoxy groups -OCH3 is 3. The quantitative estimate of drug-likeness (QED) is 0.261. The Balaban J connectivity index is 1.61. The molecule has 9 nitrogen and oxygen atoms in total. The van der Waals surface area contributed by atoms with Crippen LogP contribution in [0.25, 0.3) is 11.3 Å². The zero-order valence-corrected chi connectivity index (χ0v) is 24.2. The minimum atomic E-state index is -0.476. The third-order valence-corrected chi connectivity index (χ3v) is 7.46. The van der Waals surface area contributed by atoms with Crippen LogP contribution in [-0.2, 0) is 6.42 Å². The van der Waals surface area contributed by atoms with E-state index < -0.39 is 6.04 Å². The van der Waals surface area contributed by atoms with Crippen molar-refractivity contribution in [2.75, 3.05) is 34.5 Å². The minimum absolute atomic E-state index is 0.143. The Morgan fingerprint density at radius 1 is 0.927 bits per heavy atom. The normalized spacial score (nSPS) is 14.2. The molecule has 2 heterocycles. The first-order valence-corrected chi connectivity index (χ1v) is 13.5. The van der Waals surface area contributed by atoms with E-state index in [1.165, 1.54) is 0 Å². The molecule has 4 aromatic rings. The Morgan fingerprint density at radius 3 is 2.34 bits per heavy atom. The molecule has 1 aliphatic rings. The average Bonchev–Trinajstić information content (AvgIpc) is 3.52. The number of benzene rings is 3. The highest BCUT2D eigenvalue weighted by molar-refractivity contribution is 6.00. The number of aromatic hydroxyl groups is 1. The number of fused-ring (bicyclic) bond motifs is 1. The number of carbonyl (C=O) groups is 1. The number of aromatic nitrogens is 2. The summed E-state index contributed by atoms with van der Waals surface area (Å²) in [6.07, 6.45) is 0.582. The van der Waals surface area contributed by atoms with Crippen molar-refractivity contribution in [2.24, 2.45) is 0 Å². The predicted molar refractivity (Wildman–Crippen MR) is 155 cm³/mol. The molecule has 1 aliphatic heterocycles. The zero-order valence-electron chi connectivity index (χ0n) is 24.2. The van der Waals surface area contributed by atoms with Gasteiger partial charge in [0.15, 0.2) is 23.0 Å². The van der Waals surface area contributed by atoms with Crippen LogP contribution in [0.1, 0.15) is 51.3 Å². The van der Waals surface area contributed by atoms with Gasteiger partial charge in [-0.15, -0.1) is 0 Å². The van der Waals surface area contributed by atoms with Crippen molar-refractivity contribution in [3.63, 3.8) is 0 Å². The number of aromatic amines is 1. The smallest absolute Gasteiger partial charge is 0.273 e. The molecule has 0 saturated carbocycles. The van der Waals surface area contributed by atoms with E-state index in [0.29, 0.717) is 65.1 Å².